The molecule has 0 bridgehead atoms. The number of rotatable bonds is 8. The van der Waals surface area contributed by atoms with Gasteiger partial charge in [0.1, 0.15) is 9.84 Å². The Kier molecular flexibility index (Phi) is 6.72. The van der Waals surface area contributed by atoms with Crippen LogP contribution < -0.4 is 10.0 Å². The molecule has 1 heterocycles. The lowest BCUT2D eigenvalue weighted by molar-refractivity contribution is 0.503. The molecule has 114 valence electrons. The van der Waals surface area contributed by atoms with Crippen LogP contribution in [0.3, 0.4) is 0 Å². The lowest BCUT2D eigenvalue weighted by Crippen LogP contribution is -2.41. The molecule has 1 saturated heterocycles. The molecular formula is C11H24N2O4S2. The first-order valence-electron chi connectivity index (χ1n) is 6.76. The van der Waals surface area contributed by atoms with Crippen molar-refractivity contribution in [2.45, 2.75) is 38.6 Å². The number of hydrogen-bond acceptors (Lipinski definition) is 5. The Morgan fingerprint density at radius 1 is 1.16 bits per heavy atom. The van der Waals surface area contributed by atoms with Crippen molar-refractivity contribution in [1.82, 2.24) is 10.0 Å². The van der Waals surface area contributed by atoms with E-state index < -0.39 is 19.9 Å². The highest BCUT2D eigenvalue weighted by atomic mass is 32.2. The van der Waals surface area contributed by atoms with Crippen molar-refractivity contribution in [2.75, 3.05) is 30.3 Å². The summed E-state index contributed by atoms with van der Waals surface area (Å²) in [5, 5.41) is 3.14. The van der Waals surface area contributed by atoms with Gasteiger partial charge >= 0.3 is 0 Å². The maximum absolute atomic E-state index is 11.8. The summed E-state index contributed by atoms with van der Waals surface area (Å²) in [6.07, 6.45) is 2.22. The summed E-state index contributed by atoms with van der Waals surface area (Å²) in [6, 6.07) is -0.220. The zero-order chi connectivity index (χ0) is 14.4. The van der Waals surface area contributed by atoms with Crippen LogP contribution in [-0.4, -0.2) is 53.2 Å². The summed E-state index contributed by atoms with van der Waals surface area (Å²) in [7, 11) is -6.22. The maximum atomic E-state index is 11.8. The van der Waals surface area contributed by atoms with Crippen molar-refractivity contribution in [3.63, 3.8) is 0 Å². The molecule has 1 rings (SSSR count). The minimum absolute atomic E-state index is 0.0839. The molecule has 6 nitrogen and oxygen atoms in total. The van der Waals surface area contributed by atoms with Gasteiger partial charge in [0.05, 0.1) is 17.3 Å². The van der Waals surface area contributed by atoms with Crippen molar-refractivity contribution < 1.29 is 16.8 Å². The van der Waals surface area contributed by atoms with E-state index >= 15 is 0 Å². The first-order chi connectivity index (χ1) is 8.85. The molecule has 0 aromatic rings. The van der Waals surface area contributed by atoms with E-state index in [9.17, 15) is 16.8 Å². The fourth-order valence-electron chi connectivity index (χ4n) is 2.04. The van der Waals surface area contributed by atoms with Gasteiger partial charge in [-0.05, 0) is 38.8 Å². The molecule has 8 heteroatoms. The van der Waals surface area contributed by atoms with Crippen LogP contribution in [0, 0.1) is 0 Å². The number of sulfone groups is 1. The average molecular weight is 312 g/mol. The molecule has 1 aliphatic heterocycles. The van der Waals surface area contributed by atoms with Crippen LogP contribution in [0.15, 0.2) is 0 Å². The Hall–Kier alpha value is -0.180. The number of nitrogens with one attached hydrogen (secondary N) is 2. The lowest BCUT2D eigenvalue weighted by atomic mass is 10.2. The summed E-state index contributed by atoms with van der Waals surface area (Å²) < 4.78 is 48.7. The van der Waals surface area contributed by atoms with E-state index in [1.54, 1.807) is 0 Å². The first kappa shape index (κ1) is 16.9. The van der Waals surface area contributed by atoms with E-state index in [2.05, 4.69) is 10.0 Å². The molecule has 0 spiro atoms. The second-order valence-electron chi connectivity index (χ2n) is 4.92. The van der Waals surface area contributed by atoms with Gasteiger partial charge < -0.3 is 5.32 Å². The van der Waals surface area contributed by atoms with Crippen molar-refractivity contribution in [2.24, 2.45) is 0 Å². The van der Waals surface area contributed by atoms with E-state index in [1.165, 1.54) is 0 Å². The van der Waals surface area contributed by atoms with Gasteiger partial charge in [-0.25, -0.2) is 21.6 Å². The largest absolute Gasteiger partial charge is 0.317 e. The molecule has 0 aromatic carbocycles. The Morgan fingerprint density at radius 2 is 1.79 bits per heavy atom. The van der Waals surface area contributed by atoms with Crippen LogP contribution in [0.4, 0.5) is 0 Å². The van der Waals surface area contributed by atoms with E-state index in [0.717, 1.165) is 19.5 Å². The number of sulfonamides is 1. The highest BCUT2D eigenvalue weighted by molar-refractivity contribution is 7.91. The average Bonchev–Trinajstić information content (AvgIpc) is 2.31. The lowest BCUT2D eigenvalue weighted by Gasteiger charge is -2.22. The monoisotopic (exact) mass is 312 g/mol. The smallest absolute Gasteiger partial charge is 0.211 e. The fourth-order valence-corrected chi connectivity index (χ4v) is 4.98. The van der Waals surface area contributed by atoms with Crippen LogP contribution in [0.2, 0.25) is 0 Å². The topological polar surface area (TPSA) is 92.3 Å². The Morgan fingerprint density at radius 3 is 2.37 bits per heavy atom. The molecule has 0 atom stereocenters. The van der Waals surface area contributed by atoms with Gasteiger partial charge in [0, 0.05) is 6.04 Å². The second-order valence-corrected chi connectivity index (χ2v) is 9.10. The highest BCUT2D eigenvalue weighted by Gasteiger charge is 2.26. The molecule has 1 fully saturated rings. The van der Waals surface area contributed by atoms with Crippen LogP contribution in [-0.2, 0) is 19.9 Å². The maximum Gasteiger partial charge on any atom is 0.211 e. The summed E-state index contributed by atoms with van der Waals surface area (Å²) in [4.78, 5) is 0. The molecule has 0 saturated carbocycles. The summed E-state index contributed by atoms with van der Waals surface area (Å²) in [5.41, 5.74) is 0. The summed E-state index contributed by atoms with van der Waals surface area (Å²) in [6.45, 7) is 3.73. The fraction of sp³-hybridized carbons (Fsp3) is 1.00. The summed E-state index contributed by atoms with van der Waals surface area (Å²) in [5.74, 6) is 0.281. The van der Waals surface area contributed by atoms with Gasteiger partial charge in [-0.2, -0.15) is 0 Å². The summed E-state index contributed by atoms with van der Waals surface area (Å²) >= 11 is 0. The third-order valence-electron chi connectivity index (χ3n) is 3.17. The van der Waals surface area contributed by atoms with Gasteiger partial charge in [0.25, 0.3) is 0 Å². The third kappa shape index (κ3) is 7.24. The van der Waals surface area contributed by atoms with Crippen molar-refractivity contribution in [3.8, 4) is 0 Å². The quantitative estimate of drug-likeness (QED) is 0.609. The molecule has 0 aliphatic carbocycles. The Bertz CT molecular complexity index is 445. The molecule has 1 aliphatic rings. The molecule has 2 N–H and O–H groups in total. The van der Waals surface area contributed by atoms with Gasteiger partial charge in [0.2, 0.25) is 10.0 Å². The second kappa shape index (κ2) is 7.56. The SMILES string of the molecule is CCNCCCCS(=O)(=O)NC1CCS(=O)(=O)CC1. The highest BCUT2D eigenvalue weighted by Crippen LogP contribution is 2.13. The van der Waals surface area contributed by atoms with Gasteiger partial charge in [-0.3, -0.25) is 0 Å². The number of hydrogen-bond donors (Lipinski definition) is 2. The van der Waals surface area contributed by atoms with E-state index in [0.29, 0.717) is 19.3 Å². The predicted molar refractivity (Wildman–Crippen MR) is 76.4 cm³/mol. The Balaban J connectivity index is 2.27. The molecule has 0 radical (unpaired) electrons. The Labute approximate surface area is 116 Å². The normalized spacial score (nSPS) is 20.5. The number of unbranched alkanes of at least 4 members (excludes halogenated alkanes) is 1. The van der Waals surface area contributed by atoms with E-state index in [-0.39, 0.29) is 23.3 Å². The molecule has 0 aromatic heterocycles. The van der Waals surface area contributed by atoms with Crippen LogP contribution in [0.1, 0.15) is 32.6 Å². The molecule has 19 heavy (non-hydrogen) atoms. The third-order valence-corrected chi connectivity index (χ3v) is 6.40. The zero-order valence-corrected chi connectivity index (χ0v) is 13.0. The minimum Gasteiger partial charge on any atom is -0.317 e. The zero-order valence-electron chi connectivity index (χ0n) is 11.4. The molecule has 0 amide bonds. The van der Waals surface area contributed by atoms with Gasteiger partial charge in [-0.1, -0.05) is 6.92 Å². The predicted octanol–water partition coefficient (Wildman–Crippen LogP) is -0.127. The van der Waals surface area contributed by atoms with Crippen molar-refractivity contribution in [1.29, 1.82) is 0 Å². The molecular weight excluding hydrogens is 288 g/mol. The molecule has 0 unspecified atom stereocenters. The van der Waals surface area contributed by atoms with Crippen molar-refractivity contribution in [3.05, 3.63) is 0 Å². The van der Waals surface area contributed by atoms with Gasteiger partial charge in [-0.15, -0.1) is 0 Å². The first-order valence-corrected chi connectivity index (χ1v) is 10.2. The van der Waals surface area contributed by atoms with Crippen LogP contribution >= 0.6 is 0 Å². The van der Waals surface area contributed by atoms with E-state index in [1.807, 2.05) is 6.92 Å². The van der Waals surface area contributed by atoms with Crippen LogP contribution in [0.25, 0.3) is 0 Å². The van der Waals surface area contributed by atoms with Gasteiger partial charge in [0.15, 0.2) is 0 Å². The van der Waals surface area contributed by atoms with Crippen molar-refractivity contribution >= 4 is 19.9 Å². The minimum atomic E-state index is -3.28. The van der Waals surface area contributed by atoms with Crippen LogP contribution in [0.5, 0.6) is 0 Å². The standard InChI is InChI=1S/C11H24N2O4S2/c1-2-12-7-3-4-8-19(16,17)13-11-5-9-18(14,15)10-6-11/h11-13H,2-10H2,1H3. The van der Waals surface area contributed by atoms with E-state index in [4.69, 9.17) is 0 Å².